The molecule has 1 aliphatic heterocycles. The average Bonchev–Trinajstić information content (AvgIpc) is 2.83. The number of aliphatic hydroxyl groups excluding tert-OH is 1. The molecule has 1 atom stereocenters. The lowest BCUT2D eigenvalue weighted by Crippen LogP contribution is -2.39. The molecule has 1 N–H and O–H groups in total. The first kappa shape index (κ1) is 11.9. The van der Waals surface area contributed by atoms with Crippen molar-refractivity contribution in [3.63, 3.8) is 0 Å². The topological polar surface area (TPSA) is 42.0 Å². The summed E-state index contributed by atoms with van der Waals surface area (Å²) >= 11 is 6.80. The van der Waals surface area contributed by atoms with Crippen LogP contribution < -0.4 is 0 Å². The Hall–Kier alpha value is 0.840. The summed E-state index contributed by atoms with van der Waals surface area (Å²) in [5.41, 5.74) is -0.387. The highest BCUT2D eigenvalue weighted by Gasteiger charge is 2.43. The lowest BCUT2D eigenvalue weighted by molar-refractivity contribution is -0.0136. The molecule has 0 aromatic rings. The summed E-state index contributed by atoms with van der Waals surface area (Å²) in [6, 6.07) is 0. The highest BCUT2D eigenvalue weighted by Crippen LogP contribution is 2.45. The van der Waals surface area contributed by atoms with Crippen molar-refractivity contribution >= 4 is 31.9 Å². The van der Waals surface area contributed by atoms with Gasteiger partial charge in [0.2, 0.25) is 0 Å². The molecular formula is C8H14Br2O3. The highest BCUT2D eigenvalue weighted by atomic mass is 79.9. The van der Waals surface area contributed by atoms with Gasteiger partial charge in [-0.25, -0.2) is 0 Å². The Balaban J connectivity index is 2.41. The SMILES string of the molecule is CC(C)(CO)C(Br)(Br)OCC1CO1. The van der Waals surface area contributed by atoms with E-state index in [1.165, 1.54) is 0 Å². The van der Waals surface area contributed by atoms with E-state index in [-0.39, 0.29) is 18.1 Å². The molecule has 1 rings (SSSR count). The second kappa shape index (κ2) is 4.14. The van der Waals surface area contributed by atoms with Crippen molar-refractivity contribution in [3.05, 3.63) is 0 Å². The van der Waals surface area contributed by atoms with Crippen LogP contribution in [0.3, 0.4) is 0 Å². The van der Waals surface area contributed by atoms with Crippen molar-refractivity contribution in [3.8, 4) is 0 Å². The smallest absolute Gasteiger partial charge is 0.185 e. The maximum atomic E-state index is 9.14. The van der Waals surface area contributed by atoms with Gasteiger partial charge in [0.25, 0.3) is 0 Å². The third-order valence-electron chi connectivity index (χ3n) is 2.04. The molecule has 0 bridgehead atoms. The van der Waals surface area contributed by atoms with Crippen LogP contribution in [-0.2, 0) is 9.47 Å². The summed E-state index contributed by atoms with van der Waals surface area (Å²) in [6.45, 7) is 5.17. The predicted molar refractivity (Wildman–Crippen MR) is 57.1 cm³/mol. The molecule has 1 fully saturated rings. The molecule has 1 unspecified atom stereocenters. The fraction of sp³-hybridized carbons (Fsp3) is 1.00. The number of rotatable bonds is 5. The Kier molecular flexibility index (Phi) is 3.80. The van der Waals surface area contributed by atoms with Crippen LogP contribution in [0.5, 0.6) is 0 Å². The molecule has 1 heterocycles. The monoisotopic (exact) mass is 316 g/mol. The number of hydrogen-bond donors (Lipinski definition) is 1. The Labute approximate surface area is 95.0 Å². The van der Waals surface area contributed by atoms with E-state index in [4.69, 9.17) is 14.6 Å². The van der Waals surface area contributed by atoms with Crippen LogP contribution >= 0.6 is 31.9 Å². The molecule has 3 nitrogen and oxygen atoms in total. The molecule has 0 aromatic carbocycles. The van der Waals surface area contributed by atoms with E-state index in [2.05, 4.69) is 31.9 Å². The minimum Gasteiger partial charge on any atom is -0.396 e. The maximum absolute atomic E-state index is 9.14. The first-order valence-electron chi connectivity index (χ1n) is 4.13. The van der Waals surface area contributed by atoms with Crippen molar-refractivity contribution in [1.29, 1.82) is 0 Å². The summed E-state index contributed by atoms with van der Waals surface area (Å²) in [4.78, 5) is 0. The highest BCUT2D eigenvalue weighted by molar-refractivity contribution is 9.25. The van der Waals surface area contributed by atoms with Crippen molar-refractivity contribution < 1.29 is 14.6 Å². The van der Waals surface area contributed by atoms with Gasteiger partial charge in [-0.15, -0.1) is 0 Å². The molecular weight excluding hydrogens is 304 g/mol. The molecule has 0 aromatic heterocycles. The summed E-state index contributed by atoms with van der Waals surface area (Å²) in [6.07, 6.45) is 0.226. The standard InChI is InChI=1S/C8H14Br2O3/c1-7(2,5-11)8(9,10)13-4-6-3-12-6/h6,11H,3-5H2,1-2H3. The number of epoxide rings is 1. The molecule has 0 aliphatic carbocycles. The fourth-order valence-electron chi connectivity index (χ4n) is 0.649. The summed E-state index contributed by atoms with van der Waals surface area (Å²) < 4.78 is 9.89. The van der Waals surface area contributed by atoms with Gasteiger partial charge in [-0.2, -0.15) is 0 Å². The average molecular weight is 318 g/mol. The largest absolute Gasteiger partial charge is 0.396 e. The number of hydrogen-bond acceptors (Lipinski definition) is 3. The Morgan fingerprint density at radius 3 is 2.46 bits per heavy atom. The molecule has 5 heteroatoms. The quantitative estimate of drug-likeness (QED) is 0.621. The minimum absolute atomic E-state index is 0.0367. The van der Waals surface area contributed by atoms with E-state index in [0.717, 1.165) is 6.61 Å². The molecule has 13 heavy (non-hydrogen) atoms. The second-order valence-electron chi connectivity index (χ2n) is 3.83. The van der Waals surface area contributed by atoms with Gasteiger partial charge >= 0.3 is 0 Å². The Bertz CT molecular complexity index is 178. The number of ether oxygens (including phenoxy) is 2. The van der Waals surface area contributed by atoms with Gasteiger partial charge in [-0.3, -0.25) is 0 Å². The Morgan fingerprint density at radius 2 is 2.08 bits per heavy atom. The minimum atomic E-state index is -0.687. The lowest BCUT2D eigenvalue weighted by Gasteiger charge is -2.36. The van der Waals surface area contributed by atoms with E-state index in [0.29, 0.717) is 6.61 Å². The zero-order valence-corrected chi connectivity index (χ0v) is 10.9. The van der Waals surface area contributed by atoms with E-state index >= 15 is 0 Å². The van der Waals surface area contributed by atoms with Crippen LogP contribution in [-0.4, -0.2) is 34.5 Å². The van der Waals surface area contributed by atoms with E-state index in [1.54, 1.807) is 0 Å². The van der Waals surface area contributed by atoms with Gasteiger partial charge in [0, 0.05) is 5.41 Å². The number of aliphatic hydroxyl groups is 1. The molecule has 0 amide bonds. The van der Waals surface area contributed by atoms with E-state index in [1.807, 2.05) is 13.8 Å². The van der Waals surface area contributed by atoms with Crippen LogP contribution in [0.25, 0.3) is 0 Å². The fourth-order valence-corrected chi connectivity index (χ4v) is 1.16. The molecule has 0 spiro atoms. The van der Waals surface area contributed by atoms with Gasteiger partial charge in [0.05, 0.1) is 19.8 Å². The normalized spacial score (nSPS) is 23.3. The maximum Gasteiger partial charge on any atom is 0.185 e. The van der Waals surface area contributed by atoms with E-state index in [9.17, 15) is 0 Å². The van der Waals surface area contributed by atoms with Crippen LogP contribution in [0.1, 0.15) is 13.8 Å². The number of alkyl halides is 2. The zero-order valence-electron chi connectivity index (χ0n) is 7.72. The van der Waals surface area contributed by atoms with Gasteiger partial charge in [0.1, 0.15) is 6.10 Å². The predicted octanol–water partition coefficient (Wildman–Crippen LogP) is 1.86. The third kappa shape index (κ3) is 3.16. The lowest BCUT2D eigenvalue weighted by atomic mass is 9.96. The van der Waals surface area contributed by atoms with Gasteiger partial charge in [-0.1, -0.05) is 13.8 Å². The molecule has 1 aliphatic rings. The molecule has 0 saturated carbocycles. The zero-order chi connectivity index (χ0) is 10.1. The molecule has 0 radical (unpaired) electrons. The summed E-state index contributed by atoms with van der Waals surface area (Å²) in [5, 5.41) is 9.14. The number of halogens is 2. The summed E-state index contributed by atoms with van der Waals surface area (Å²) in [7, 11) is 0. The first-order valence-corrected chi connectivity index (χ1v) is 5.72. The van der Waals surface area contributed by atoms with E-state index < -0.39 is 3.42 Å². The van der Waals surface area contributed by atoms with Crippen LogP contribution in [0.4, 0.5) is 0 Å². The first-order chi connectivity index (χ1) is 5.89. The van der Waals surface area contributed by atoms with Gasteiger partial charge in [-0.05, 0) is 31.9 Å². The Morgan fingerprint density at radius 1 is 1.54 bits per heavy atom. The van der Waals surface area contributed by atoms with Crippen molar-refractivity contribution in [2.45, 2.75) is 23.4 Å². The van der Waals surface area contributed by atoms with Gasteiger partial charge in [0.15, 0.2) is 3.42 Å². The van der Waals surface area contributed by atoms with Crippen LogP contribution in [0.15, 0.2) is 0 Å². The second-order valence-corrected chi connectivity index (χ2v) is 7.12. The van der Waals surface area contributed by atoms with Gasteiger partial charge < -0.3 is 14.6 Å². The van der Waals surface area contributed by atoms with Crippen molar-refractivity contribution in [2.75, 3.05) is 19.8 Å². The molecule has 1 saturated heterocycles. The van der Waals surface area contributed by atoms with Crippen molar-refractivity contribution in [1.82, 2.24) is 0 Å². The summed E-state index contributed by atoms with van der Waals surface area (Å²) in [5.74, 6) is 0. The van der Waals surface area contributed by atoms with Crippen LogP contribution in [0, 0.1) is 5.41 Å². The third-order valence-corrected chi connectivity index (χ3v) is 4.64. The molecule has 78 valence electrons. The van der Waals surface area contributed by atoms with Crippen molar-refractivity contribution in [2.24, 2.45) is 5.41 Å². The van der Waals surface area contributed by atoms with Crippen LogP contribution in [0.2, 0.25) is 0 Å².